The Morgan fingerprint density at radius 3 is 2.32 bits per heavy atom. The van der Waals surface area contributed by atoms with Crippen molar-refractivity contribution in [2.24, 2.45) is 5.14 Å². The minimum absolute atomic E-state index is 0.159. The SMILES string of the molecule is CC(C(=O)Nc1cccc(S(N)(=O)=O)c1)S(C)(=O)=O. The first-order chi connectivity index (χ1) is 8.51. The van der Waals surface area contributed by atoms with Crippen LogP contribution in [0.25, 0.3) is 0 Å². The van der Waals surface area contributed by atoms with E-state index in [0.717, 1.165) is 12.3 Å². The second-order valence-electron chi connectivity index (χ2n) is 4.03. The van der Waals surface area contributed by atoms with Gasteiger partial charge in [-0.25, -0.2) is 22.0 Å². The van der Waals surface area contributed by atoms with Crippen molar-refractivity contribution in [3.63, 3.8) is 0 Å². The van der Waals surface area contributed by atoms with Crippen molar-refractivity contribution in [3.8, 4) is 0 Å². The number of carbonyl (C=O) groups is 1. The van der Waals surface area contributed by atoms with Gasteiger partial charge in [0.25, 0.3) is 0 Å². The van der Waals surface area contributed by atoms with Gasteiger partial charge in [0, 0.05) is 11.9 Å². The van der Waals surface area contributed by atoms with Crippen LogP contribution in [0.1, 0.15) is 6.92 Å². The molecule has 9 heteroatoms. The molecular formula is C10H14N2O5S2. The Labute approximate surface area is 111 Å². The molecule has 0 aliphatic carbocycles. The topological polar surface area (TPSA) is 123 Å². The first-order valence-electron chi connectivity index (χ1n) is 5.14. The third-order valence-corrected chi connectivity index (χ3v) is 4.85. The highest BCUT2D eigenvalue weighted by Crippen LogP contribution is 2.15. The Hall–Kier alpha value is -1.45. The van der Waals surface area contributed by atoms with Crippen molar-refractivity contribution in [2.75, 3.05) is 11.6 Å². The summed E-state index contributed by atoms with van der Waals surface area (Å²) in [7, 11) is -7.39. The van der Waals surface area contributed by atoms with Crippen LogP contribution < -0.4 is 10.5 Å². The lowest BCUT2D eigenvalue weighted by Gasteiger charge is -2.11. The Bertz CT molecular complexity index is 694. The molecule has 1 rings (SSSR count). The molecule has 3 N–H and O–H groups in total. The molecule has 1 atom stereocenters. The maximum atomic E-state index is 11.6. The Kier molecular flexibility index (Phi) is 4.33. The van der Waals surface area contributed by atoms with Crippen molar-refractivity contribution < 1.29 is 21.6 Å². The van der Waals surface area contributed by atoms with Crippen LogP contribution in [0, 0.1) is 0 Å². The van der Waals surface area contributed by atoms with Crippen LogP contribution in [0.5, 0.6) is 0 Å². The van der Waals surface area contributed by atoms with Gasteiger partial charge in [0.15, 0.2) is 9.84 Å². The van der Waals surface area contributed by atoms with E-state index in [1.54, 1.807) is 0 Å². The summed E-state index contributed by atoms with van der Waals surface area (Å²) in [5, 5.41) is 6.04. The molecule has 0 fully saturated rings. The molecule has 1 aromatic carbocycles. The molecule has 0 saturated carbocycles. The van der Waals surface area contributed by atoms with Crippen LogP contribution in [-0.4, -0.2) is 34.2 Å². The molecule has 19 heavy (non-hydrogen) atoms. The number of amides is 1. The molecule has 0 radical (unpaired) electrons. The summed E-state index contributed by atoms with van der Waals surface area (Å²) in [5.41, 5.74) is 0.159. The van der Waals surface area contributed by atoms with Gasteiger partial charge < -0.3 is 5.32 Å². The molecule has 1 unspecified atom stereocenters. The highest BCUT2D eigenvalue weighted by Gasteiger charge is 2.23. The van der Waals surface area contributed by atoms with Gasteiger partial charge in [-0.1, -0.05) is 6.07 Å². The molecule has 7 nitrogen and oxygen atoms in total. The molecule has 0 aliphatic heterocycles. The number of rotatable bonds is 4. The van der Waals surface area contributed by atoms with Crippen molar-refractivity contribution in [1.82, 2.24) is 0 Å². The average Bonchev–Trinajstić information content (AvgIpc) is 2.26. The van der Waals surface area contributed by atoms with Crippen LogP contribution in [0.2, 0.25) is 0 Å². The second-order valence-corrected chi connectivity index (χ2v) is 7.96. The number of hydrogen-bond acceptors (Lipinski definition) is 5. The minimum atomic E-state index is -3.88. The fourth-order valence-electron chi connectivity index (χ4n) is 1.19. The zero-order valence-electron chi connectivity index (χ0n) is 10.3. The summed E-state index contributed by atoms with van der Waals surface area (Å²) in [6.07, 6.45) is 0.942. The number of nitrogens with one attached hydrogen (secondary N) is 1. The number of benzene rings is 1. The lowest BCUT2D eigenvalue weighted by atomic mass is 10.3. The summed E-state index contributed by atoms with van der Waals surface area (Å²) in [6, 6.07) is 5.25. The van der Waals surface area contributed by atoms with Gasteiger partial charge in [0.2, 0.25) is 15.9 Å². The highest BCUT2D eigenvalue weighted by molar-refractivity contribution is 7.92. The van der Waals surface area contributed by atoms with Crippen LogP contribution in [0.3, 0.4) is 0 Å². The van der Waals surface area contributed by atoms with Crippen molar-refractivity contribution >= 4 is 31.5 Å². The molecule has 0 aromatic heterocycles. The molecular weight excluding hydrogens is 292 g/mol. The van der Waals surface area contributed by atoms with Crippen LogP contribution in [0.4, 0.5) is 5.69 Å². The molecule has 1 aromatic rings. The molecule has 106 valence electrons. The van der Waals surface area contributed by atoms with Gasteiger partial charge in [0.05, 0.1) is 4.90 Å². The van der Waals surface area contributed by atoms with Crippen LogP contribution >= 0.6 is 0 Å². The monoisotopic (exact) mass is 306 g/mol. The van der Waals surface area contributed by atoms with Crippen LogP contribution in [-0.2, 0) is 24.7 Å². The Morgan fingerprint density at radius 1 is 1.26 bits per heavy atom. The van der Waals surface area contributed by atoms with Gasteiger partial charge in [-0.05, 0) is 25.1 Å². The second kappa shape index (κ2) is 5.27. The maximum Gasteiger partial charge on any atom is 0.242 e. The number of sulfonamides is 1. The Balaban J connectivity index is 2.99. The first kappa shape index (κ1) is 15.6. The van der Waals surface area contributed by atoms with Crippen LogP contribution in [0.15, 0.2) is 29.2 Å². The zero-order chi connectivity index (χ0) is 14.8. The van der Waals surface area contributed by atoms with E-state index in [0.29, 0.717) is 0 Å². The number of carbonyl (C=O) groups excluding carboxylic acids is 1. The molecule has 1 amide bonds. The summed E-state index contributed by atoms with van der Waals surface area (Å²) in [6.45, 7) is 1.24. The van der Waals surface area contributed by atoms with E-state index in [2.05, 4.69) is 5.32 Å². The van der Waals surface area contributed by atoms with Gasteiger partial charge in [-0.3, -0.25) is 4.79 Å². The first-order valence-corrected chi connectivity index (χ1v) is 8.64. The fourth-order valence-corrected chi connectivity index (χ4v) is 2.20. The predicted octanol–water partition coefficient (Wildman–Crippen LogP) is -0.294. The van der Waals surface area contributed by atoms with Crippen molar-refractivity contribution in [1.29, 1.82) is 0 Å². The molecule has 0 bridgehead atoms. The normalized spacial score (nSPS) is 13.8. The van der Waals surface area contributed by atoms with E-state index in [1.807, 2.05) is 0 Å². The Morgan fingerprint density at radius 2 is 1.84 bits per heavy atom. The fraction of sp³-hybridized carbons (Fsp3) is 0.300. The summed E-state index contributed by atoms with van der Waals surface area (Å²) in [4.78, 5) is 11.5. The molecule has 0 aliphatic rings. The number of sulfone groups is 1. The predicted molar refractivity (Wildman–Crippen MR) is 70.8 cm³/mol. The zero-order valence-corrected chi connectivity index (χ0v) is 12.0. The van der Waals surface area contributed by atoms with Gasteiger partial charge in [-0.2, -0.15) is 0 Å². The summed E-state index contributed by atoms with van der Waals surface area (Å²) >= 11 is 0. The number of hydrogen-bond donors (Lipinski definition) is 2. The van der Waals surface area contributed by atoms with E-state index in [1.165, 1.54) is 25.1 Å². The largest absolute Gasteiger partial charge is 0.325 e. The minimum Gasteiger partial charge on any atom is -0.325 e. The third-order valence-electron chi connectivity index (χ3n) is 2.44. The van der Waals surface area contributed by atoms with E-state index in [9.17, 15) is 21.6 Å². The quantitative estimate of drug-likeness (QED) is 0.791. The van der Waals surface area contributed by atoms with E-state index in [4.69, 9.17) is 5.14 Å². The van der Waals surface area contributed by atoms with E-state index >= 15 is 0 Å². The van der Waals surface area contributed by atoms with Gasteiger partial charge in [-0.15, -0.1) is 0 Å². The molecule has 0 saturated heterocycles. The van der Waals surface area contributed by atoms with Crippen molar-refractivity contribution in [2.45, 2.75) is 17.1 Å². The smallest absolute Gasteiger partial charge is 0.242 e. The van der Waals surface area contributed by atoms with Gasteiger partial charge in [0.1, 0.15) is 5.25 Å². The third kappa shape index (κ3) is 4.30. The van der Waals surface area contributed by atoms with E-state index in [-0.39, 0.29) is 10.6 Å². The molecule has 0 spiro atoms. The molecule has 0 heterocycles. The van der Waals surface area contributed by atoms with Crippen molar-refractivity contribution in [3.05, 3.63) is 24.3 Å². The maximum absolute atomic E-state index is 11.6. The van der Waals surface area contributed by atoms with Gasteiger partial charge >= 0.3 is 0 Å². The number of nitrogens with two attached hydrogens (primary N) is 1. The lowest BCUT2D eigenvalue weighted by Crippen LogP contribution is -2.31. The number of anilines is 1. The number of primary sulfonamides is 1. The lowest BCUT2D eigenvalue weighted by molar-refractivity contribution is -0.115. The highest BCUT2D eigenvalue weighted by atomic mass is 32.2. The summed E-state index contributed by atoms with van der Waals surface area (Å²) in [5.74, 6) is -0.742. The summed E-state index contributed by atoms with van der Waals surface area (Å²) < 4.78 is 44.7. The standard InChI is InChI=1S/C10H14N2O5S2/c1-7(18(2,14)15)10(13)12-8-4-3-5-9(6-8)19(11,16)17/h3-7H,1-2H3,(H,12,13)(H2,11,16,17). The van der Waals surface area contributed by atoms with E-state index < -0.39 is 31.0 Å². The average molecular weight is 306 g/mol.